The first-order chi connectivity index (χ1) is 11.1. The molecule has 0 saturated heterocycles. The lowest BCUT2D eigenvalue weighted by molar-refractivity contribution is 0.0942. The molecule has 0 fully saturated rings. The summed E-state index contributed by atoms with van der Waals surface area (Å²) in [6, 6.07) is 12.0. The monoisotopic (exact) mass is 308 g/mol. The number of rotatable bonds is 5. The molecule has 0 aliphatic carbocycles. The second kappa shape index (κ2) is 6.52. The first-order valence-corrected chi connectivity index (χ1v) is 7.57. The molecular weight excluding hydrogens is 288 g/mol. The third-order valence-corrected chi connectivity index (χ3v) is 3.97. The maximum atomic E-state index is 12.2. The predicted molar refractivity (Wildman–Crippen MR) is 89.1 cm³/mol. The van der Waals surface area contributed by atoms with Gasteiger partial charge < -0.3 is 14.5 Å². The van der Waals surface area contributed by atoms with Crippen molar-refractivity contribution < 1.29 is 4.79 Å². The Morgan fingerprint density at radius 2 is 2.04 bits per heavy atom. The van der Waals surface area contributed by atoms with E-state index in [1.165, 1.54) is 5.56 Å². The lowest BCUT2D eigenvalue weighted by atomic mass is 10.1. The minimum atomic E-state index is -0.0550. The Morgan fingerprint density at radius 1 is 1.22 bits per heavy atom. The van der Waals surface area contributed by atoms with Crippen LogP contribution in [0.15, 0.2) is 55.1 Å². The SMILES string of the molecule is Cc1ccc(C(=O)NCc2cccc(Cn3ccnc3)c2)n1C. The van der Waals surface area contributed by atoms with Crippen molar-refractivity contribution in [1.29, 1.82) is 0 Å². The molecule has 5 heteroatoms. The highest BCUT2D eigenvalue weighted by Crippen LogP contribution is 2.09. The number of carbonyl (C=O) groups is 1. The van der Waals surface area contributed by atoms with Gasteiger partial charge in [-0.2, -0.15) is 0 Å². The minimum Gasteiger partial charge on any atom is -0.347 e. The number of aryl methyl sites for hydroxylation is 1. The zero-order valence-electron chi connectivity index (χ0n) is 13.4. The quantitative estimate of drug-likeness (QED) is 0.787. The number of benzene rings is 1. The molecule has 118 valence electrons. The van der Waals surface area contributed by atoms with Gasteiger partial charge in [-0.3, -0.25) is 4.79 Å². The highest BCUT2D eigenvalue weighted by atomic mass is 16.1. The first kappa shape index (κ1) is 15.1. The fraction of sp³-hybridized carbons (Fsp3) is 0.222. The molecule has 2 aromatic heterocycles. The zero-order valence-corrected chi connectivity index (χ0v) is 13.4. The number of nitrogens with zero attached hydrogens (tertiary/aromatic N) is 3. The lowest BCUT2D eigenvalue weighted by Crippen LogP contribution is -2.25. The summed E-state index contributed by atoms with van der Waals surface area (Å²) in [6.07, 6.45) is 5.50. The number of aromatic nitrogens is 3. The van der Waals surface area contributed by atoms with Crippen LogP contribution in [-0.4, -0.2) is 20.0 Å². The maximum Gasteiger partial charge on any atom is 0.268 e. The molecule has 0 aliphatic rings. The number of hydrogen-bond acceptors (Lipinski definition) is 2. The van der Waals surface area contributed by atoms with E-state index < -0.39 is 0 Å². The highest BCUT2D eigenvalue weighted by Gasteiger charge is 2.10. The van der Waals surface area contributed by atoms with Crippen molar-refractivity contribution in [1.82, 2.24) is 19.4 Å². The normalized spacial score (nSPS) is 10.7. The van der Waals surface area contributed by atoms with E-state index in [9.17, 15) is 4.79 Å². The third kappa shape index (κ3) is 3.51. The van der Waals surface area contributed by atoms with Gasteiger partial charge in [0.25, 0.3) is 5.91 Å². The van der Waals surface area contributed by atoms with E-state index in [-0.39, 0.29) is 5.91 Å². The third-order valence-electron chi connectivity index (χ3n) is 3.97. The highest BCUT2D eigenvalue weighted by molar-refractivity contribution is 5.92. The number of hydrogen-bond donors (Lipinski definition) is 1. The van der Waals surface area contributed by atoms with E-state index in [1.54, 1.807) is 12.5 Å². The Kier molecular flexibility index (Phi) is 4.28. The molecule has 0 unspecified atom stereocenters. The second-order valence-electron chi connectivity index (χ2n) is 5.66. The minimum absolute atomic E-state index is 0.0550. The molecular formula is C18H20N4O. The maximum absolute atomic E-state index is 12.2. The van der Waals surface area contributed by atoms with Gasteiger partial charge in [0.2, 0.25) is 0 Å². The van der Waals surface area contributed by atoms with E-state index in [2.05, 4.69) is 22.4 Å². The Bertz CT molecular complexity index is 802. The van der Waals surface area contributed by atoms with Crippen molar-refractivity contribution in [2.24, 2.45) is 7.05 Å². The van der Waals surface area contributed by atoms with E-state index in [0.29, 0.717) is 12.2 Å². The molecule has 5 nitrogen and oxygen atoms in total. The molecule has 0 atom stereocenters. The summed E-state index contributed by atoms with van der Waals surface area (Å²) >= 11 is 0. The zero-order chi connectivity index (χ0) is 16.2. The fourth-order valence-electron chi connectivity index (χ4n) is 2.54. The van der Waals surface area contributed by atoms with Gasteiger partial charge in [0.15, 0.2) is 0 Å². The van der Waals surface area contributed by atoms with Gasteiger partial charge in [-0.15, -0.1) is 0 Å². The number of carbonyl (C=O) groups excluding carboxylic acids is 1. The summed E-state index contributed by atoms with van der Waals surface area (Å²) < 4.78 is 3.91. The largest absolute Gasteiger partial charge is 0.347 e. The number of imidazole rings is 1. The lowest BCUT2D eigenvalue weighted by Gasteiger charge is -2.09. The van der Waals surface area contributed by atoms with Gasteiger partial charge in [0.05, 0.1) is 6.33 Å². The van der Waals surface area contributed by atoms with E-state index in [4.69, 9.17) is 0 Å². The summed E-state index contributed by atoms with van der Waals surface area (Å²) in [5.74, 6) is -0.0550. The molecule has 23 heavy (non-hydrogen) atoms. The van der Waals surface area contributed by atoms with Gasteiger partial charge in [-0.05, 0) is 30.2 Å². The van der Waals surface area contributed by atoms with Crippen LogP contribution in [0.4, 0.5) is 0 Å². The van der Waals surface area contributed by atoms with Crippen LogP contribution in [0, 0.1) is 6.92 Å². The molecule has 0 aliphatic heterocycles. The summed E-state index contributed by atoms with van der Waals surface area (Å²) in [4.78, 5) is 16.3. The average Bonchev–Trinajstić information content (AvgIpc) is 3.17. The first-order valence-electron chi connectivity index (χ1n) is 7.57. The predicted octanol–water partition coefficient (Wildman–Crippen LogP) is 2.51. The fourth-order valence-corrected chi connectivity index (χ4v) is 2.54. The number of amides is 1. The molecule has 0 bridgehead atoms. The molecule has 1 amide bonds. The van der Waals surface area contributed by atoms with Gasteiger partial charge in [0.1, 0.15) is 5.69 Å². The van der Waals surface area contributed by atoms with Crippen LogP contribution in [0.25, 0.3) is 0 Å². The molecule has 0 radical (unpaired) electrons. The second-order valence-corrected chi connectivity index (χ2v) is 5.66. The van der Waals surface area contributed by atoms with Gasteiger partial charge >= 0.3 is 0 Å². The summed E-state index contributed by atoms with van der Waals surface area (Å²) in [5.41, 5.74) is 4.01. The summed E-state index contributed by atoms with van der Waals surface area (Å²) in [5, 5.41) is 2.98. The van der Waals surface area contributed by atoms with Crippen LogP contribution >= 0.6 is 0 Å². The Hall–Kier alpha value is -2.82. The van der Waals surface area contributed by atoms with Crippen LogP contribution in [0.1, 0.15) is 27.3 Å². The van der Waals surface area contributed by atoms with Crippen molar-refractivity contribution in [2.75, 3.05) is 0 Å². The average molecular weight is 308 g/mol. The smallest absolute Gasteiger partial charge is 0.268 e. The van der Waals surface area contributed by atoms with Crippen molar-refractivity contribution in [3.05, 3.63) is 77.6 Å². The molecule has 3 rings (SSSR count). The van der Waals surface area contributed by atoms with Crippen molar-refractivity contribution in [3.63, 3.8) is 0 Å². The van der Waals surface area contributed by atoms with Crippen molar-refractivity contribution in [2.45, 2.75) is 20.0 Å². The van der Waals surface area contributed by atoms with E-state index in [0.717, 1.165) is 17.8 Å². The van der Waals surface area contributed by atoms with Crippen LogP contribution in [0.2, 0.25) is 0 Å². The standard InChI is InChI=1S/C18H20N4O/c1-14-6-7-17(21(14)2)18(23)20-11-15-4-3-5-16(10-15)12-22-9-8-19-13-22/h3-10,13H,11-12H2,1-2H3,(H,20,23). The van der Waals surface area contributed by atoms with Crippen LogP contribution in [0.5, 0.6) is 0 Å². The summed E-state index contributed by atoms with van der Waals surface area (Å²) in [6.45, 7) is 3.27. The van der Waals surface area contributed by atoms with E-state index in [1.807, 2.05) is 53.6 Å². The Morgan fingerprint density at radius 3 is 2.74 bits per heavy atom. The number of nitrogens with one attached hydrogen (secondary N) is 1. The van der Waals surface area contributed by atoms with Crippen molar-refractivity contribution in [3.8, 4) is 0 Å². The Labute approximate surface area is 135 Å². The molecule has 1 N–H and O–H groups in total. The van der Waals surface area contributed by atoms with Gasteiger partial charge in [-0.1, -0.05) is 24.3 Å². The summed E-state index contributed by atoms with van der Waals surface area (Å²) in [7, 11) is 1.90. The molecule has 0 saturated carbocycles. The van der Waals surface area contributed by atoms with Crippen molar-refractivity contribution >= 4 is 5.91 Å². The molecule has 1 aromatic carbocycles. The van der Waals surface area contributed by atoms with Crippen LogP contribution in [0.3, 0.4) is 0 Å². The molecule has 3 aromatic rings. The molecule has 0 spiro atoms. The van der Waals surface area contributed by atoms with Gasteiger partial charge in [0, 0.05) is 38.2 Å². The van der Waals surface area contributed by atoms with E-state index >= 15 is 0 Å². The Balaban J connectivity index is 1.64. The molecule has 2 heterocycles. The topological polar surface area (TPSA) is 51.9 Å². The van der Waals surface area contributed by atoms with Crippen LogP contribution < -0.4 is 5.32 Å². The van der Waals surface area contributed by atoms with Gasteiger partial charge in [-0.25, -0.2) is 4.98 Å². The van der Waals surface area contributed by atoms with Crippen LogP contribution in [-0.2, 0) is 20.1 Å².